The third kappa shape index (κ3) is 5.51. The molecule has 0 radical (unpaired) electrons. The Morgan fingerprint density at radius 2 is 1.68 bits per heavy atom. The van der Waals surface area contributed by atoms with Crippen molar-refractivity contribution < 1.29 is 31.5 Å². The van der Waals surface area contributed by atoms with E-state index in [0.717, 1.165) is 4.31 Å². The van der Waals surface area contributed by atoms with Gasteiger partial charge in [-0.25, -0.2) is 17.5 Å². The van der Waals surface area contributed by atoms with Crippen molar-refractivity contribution in [1.82, 2.24) is 19.3 Å². The second kappa shape index (κ2) is 10.4. The lowest BCUT2D eigenvalue weighted by molar-refractivity contribution is -0.192. The minimum atomic E-state index is -5.08. The van der Waals surface area contributed by atoms with Crippen LogP contribution in [-0.2, 0) is 14.8 Å². The number of H-pyrrole nitrogens is 2. The van der Waals surface area contributed by atoms with Gasteiger partial charge < -0.3 is 15.8 Å². The van der Waals surface area contributed by atoms with Crippen LogP contribution in [0.5, 0.6) is 0 Å². The van der Waals surface area contributed by atoms with Gasteiger partial charge in [-0.3, -0.25) is 9.78 Å². The van der Waals surface area contributed by atoms with Gasteiger partial charge in [0.1, 0.15) is 5.65 Å². The molecule has 5 N–H and O–H groups in total. The minimum Gasteiger partial charge on any atom is -0.475 e. The number of aliphatic carboxylic acids is 1. The largest absolute Gasteiger partial charge is 0.490 e. The molecule has 38 heavy (non-hydrogen) atoms. The number of nitrogen functional groups attached to an aromatic ring is 1. The molecule has 0 fully saturated rings. The Kier molecular flexibility index (Phi) is 7.61. The molecule has 0 unspecified atom stereocenters. The molecule has 2 heterocycles. The fourth-order valence-electron chi connectivity index (χ4n) is 3.41. The Labute approximate surface area is 213 Å². The summed E-state index contributed by atoms with van der Waals surface area (Å²) < 4.78 is 57.6. The molecular formula is C23H19F3N6O5S. The summed E-state index contributed by atoms with van der Waals surface area (Å²) in [5.74, 6) is -2.80. The average Bonchev–Trinajstić information content (AvgIpc) is 3.23. The number of nitriles is 1. The Bertz CT molecular complexity index is 1720. The van der Waals surface area contributed by atoms with Crippen molar-refractivity contribution in [3.63, 3.8) is 0 Å². The summed E-state index contributed by atoms with van der Waals surface area (Å²) in [5.41, 5.74) is 8.09. The lowest BCUT2D eigenvalue weighted by Crippen LogP contribution is -2.22. The van der Waals surface area contributed by atoms with Crippen LogP contribution in [0.4, 0.5) is 19.1 Å². The second-order valence-corrected chi connectivity index (χ2v) is 9.97. The first-order valence-corrected chi connectivity index (χ1v) is 11.9. The topological polar surface area (TPSA) is 186 Å². The Balaban J connectivity index is 0.000000505. The number of nitrogens with two attached hydrogens (primary N) is 1. The van der Waals surface area contributed by atoms with Gasteiger partial charge in [-0.2, -0.15) is 23.4 Å². The summed E-state index contributed by atoms with van der Waals surface area (Å²) in [6.45, 7) is 0. The molecule has 15 heteroatoms. The van der Waals surface area contributed by atoms with Crippen molar-refractivity contribution in [2.75, 3.05) is 19.8 Å². The molecule has 0 atom stereocenters. The molecule has 0 saturated heterocycles. The van der Waals surface area contributed by atoms with Crippen LogP contribution in [0.1, 0.15) is 5.56 Å². The SMILES string of the molecule is CN(C)S(=O)(=O)c1ccc(-c2[nH]c3nc(N)[nH]c(=O)c3c2-c2ccccc2C#N)cc1.O=C(O)C(F)(F)F. The van der Waals surface area contributed by atoms with Crippen LogP contribution in [0.15, 0.2) is 58.2 Å². The minimum absolute atomic E-state index is 0.0437. The number of aromatic amines is 2. The number of nitrogens with zero attached hydrogens (tertiary/aromatic N) is 3. The average molecular weight is 549 g/mol. The predicted octanol–water partition coefficient (Wildman–Crippen LogP) is 2.92. The standard InChI is InChI=1S/C21H18N6O3S.C2HF3O2/c1-27(2)31(29,30)14-9-7-12(8-10-14)18-16(15-6-4-3-5-13(15)11-22)17-19(24-18)25-21(23)26-20(17)28;3-2(4,5)1(6)7/h3-10H,1-2H3,(H4,23,24,25,26,28);(H,6,7). The Morgan fingerprint density at radius 3 is 2.21 bits per heavy atom. The van der Waals surface area contributed by atoms with E-state index < -0.39 is 27.7 Å². The number of sulfonamides is 1. The molecule has 0 saturated carbocycles. The van der Waals surface area contributed by atoms with Gasteiger partial charge in [-0.15, -0.1) is 0 Å². The highest BCUT2D eigenvalue weighted by molar-refractivity contribution is 7.89. The summed E-state index contributed by atoms with van der Waals surface area (Å²) in [7, 11) is -0.672. The zero-order chi connectivity index (χ0) is 28.4. The summed E-state index contributed by atoms with van der Waals surface area (Å²) in [5, 5.41) is 17.0. The van der Waals surface area contributed by atoms with E-state index in [1.54, 1.807) is 36.4 Å². The zero-order valence-corrected chi connectivity index (χ0v) is 20.5. The molecule has 0 amide bonds. The monoisotopic (exact) mass is 548 g/mol. The number of hydrogen-bond donors (Lipinski definition) is 4. The summed E-state index contributed by atoms with van der Waals surface area (Å²) in [6, 6.07) is 15.3. The fraction of sp³-hybridized carbons (Fsp3) is 0.130. The smallest absolute Gasteiger partial charge is 0.475 e. The van der Waals surface area contributed by atoms with Gasteiger partial charge >= 0.3 is 12.1 Å². The van der Waals surface area contributed by atoms with Gasteiger partial charge in [0.25, 0.3) is 5.56 Å². The van der Waals surface area contributed by atoms with Crippen molar-refractivity contribution in [1.29, 1.82) is 5.26 Å². The maximum absolute atomic E-state index is 12.7. The van der Waals surface area contributed by atoms with Crippen molar-refractivity contribution in [2.24, 2.45) is 0 Å². The Morgan fingerprint density at radius 1 is 1.11 bits per heavy atom. The number of carboxylic acid groups (broad SMARTS) is 1. The van der Waals surface area contributed by atoms with E-state index >= 15 is 0 Å². The van der Waals surface area contributed by atoms with Crippen LogP contribution in [0.3, 0.4) is 0 Å². The fourth-order valence-corrected chi connectivity index (χ4v) is 4.31. The first kappa shape index (κ1) is 27.9. The number of benzene rings is 2. The van der Waals surface area contributed by atoms with Crippen LogP contribution < -0.4 is 11.3 Å². The predicted molar refractivity (Wildman–Crippen MR) is 131 cm³/mol. The highest BCUT2D eigenvalue weighted by Crippen LogP contribution is 2.38. The molecule has 2 aromatic carbocycles. The van der Waals surface area contributed by atoms with E-state index in [2.05, 4.69) is 21.0 Å². The molecular weight excluding hydrogens is 529 g/mol. The number of aromatic nitrogens is 3. The molecule has 0 aliphatic heterocycles. The van der Waals surface area contributed by atoms with Crippen LogP contribution >= 0.6 is 0 Å². The number of hydrogen-bond acceptors (Lipinski definition) is 7. The third-order valence-electron chi connectivity index (χ3n) is 5.16. The first-order chi connectivity index (χ1) is 17.7. The molecule has 0 aliphatic carbocycles. The van der Waals surface area contributed by atoms with Crippen molar-refractivity contribution in [3.05, 3.63) is 64.4 Å². The van der Waals surface area contributed by atoms with Crippen molar-refractivity contribution >= 4 is 33.0 Å². The second-order valence-electron chi connectivity index (χ2n) is 7.82. The molecule has 11 nitrogen and oxygen atoms in total. The zero-order valence-electron chi connectivity index (χ0n) is 19.7. The molecule has 0 bridgehead atoms. The van der Waals surface area contributed by atoms with Gasteiger partial charge in [0.2, 0.25) is 16.0 Å². The molecule has 4 aromatic rings. The number of alkyl halides is 3. The van der Waals surface area contributed by atoms with Gasteiger partial charge in [0, 0.05) is 25.2 Å². The number of carboxylic acids is 1. The number of rotatable bonds is 4. The lowest BCUT2D eigenvalue weighted by atomic mass is 9.96. The van der Waals surface area contributed by atoms with Gasteiger partial charge in [-0.05, 0) is 23.8 Å². The molecule has 0 aliphatic rings. The van der Waals surface area contributed by atoms with Crippen LogP contribution in [0.25, 0.3) is 33.4 Å². The number of anilines is 1. The van der Waals surface area contributed by atoms with Gasteiger partial charge in [0.15, 0.2) is 0 Å². The van der Waals surface area contributed by atoms with Crippen molar-refractivity contribution in [3.8, 4) is 28.5 Å². The molecule has 0 spiro atoms. The maximum atomic E-state index is 12.7. The Hall–Kier alpha value is -4.68. The first-order valence-electron chi connectivity index (χ1n) is 10.4. The molecule has 198 valence electrons. The van der Waals surface area contributed by atoms with Crippen LogP contribution in [0.2, 0.25) is 0 Å². The number of carbonyl (C=O) groups is 1. The highest BCUT2D eigenvalue weighted by atomic mass is 32.2. The molecule has 4 rings (SSSR count). The van der Waals surface area contributed by atoms with Crippen LogP contribution in [0, 0.1) is 11.3 Å². The number of fused-ring (bicyclic) bond motifs is 1. The van der Waals surface area contributed by atoms with E-state index in [-0.39, 0.29) is 21.9 Å². The highest BCUT2D eigenvalue weighted by Gasteiger charge is 2.38. The quantitative estimate of drug-likeness (QED) is 0.300. The lowest BCUT2D eigenvalue weighted by Gasteiger charge is -2.12. The number of halogens is 3. The summed E-state index contributed by atoms with van der Waals surface area (Å²) in [6.07, 6.45) is -5.08. The van der Waals surface area contributed by atoms with Crippen LogP contribution in [-0.4, -0.2) is 59.0 Å². The third-order valence-corrected chi connectivity index (χ3v) is 6.99. The van der Waals surface area contributed by atoms with E-state index in [1.807, 2.05) is 0 Å². The van der Waals surface area contributed by atoms with E-state index in [1.165, 1.54) is 26.2 Å². The maximum Gasteiger partial charge on any atom is 0.490 e. The number of nitrogens with one attached hydrogen (secondary N) is 2. The molecule has 2 aromatic heterocycles. The van der Waals surface area contributed by atoms with E-state index in [0.29, 0.717) is 27.9 Å². The normalized spacial score (nSPS) is 11.6. The van der Waals surface area contributed by atoms with Gasteiger partial charge in [-0.1, -0.05) is 30.3 Å². The van der Waals surface area contributed by atoms with Crippen molar-refractivity contribution in [2.45, 2.75) is 11.1 Å². The summed E-state index contributed by atoms with van der Waals surface area (Å²) in [4.78, 5) is 31.6. The van der Waals surface area contributed by atoms with E-state index in [4.69, 9.17) is 15.6 Å². The van der Waals surface area contributed by atoms with E-state index in [9.17, 15) is 31.6 Å². The van der Waals surface area contributed by atoms with Gasteiger partial charge in [0.05, 0.1) is 27.6 Å². The summed E-state index contributed by atoms with van der Waals surface area (Å²) >= 11 is 0.